The topological polar surface area (TPSA) is 9.23 Å². The van der Waals surface area contributed by atoms with Crippen molar-refractivity contribution < 1.29 is 3.76 Å². The summed E-state index contributed by atoms with van der Waals surface area (Å²) < 4.78 is 5.92. The maximum atomic E-state index is 5.92. The van der Waals surface area contributed by atoms with Gasteiger partial charge in [0.2, 0.25) is 0 Å². The van der Waals surface area contributed by atoms with Crippen LogP contribution in [-0.2, 0) is 3.76 Å². The molecule has 0 bridgehead atoms. The molecule has 1 rings (SSSR count). The van der Waals surface area contributed by atoms with Gasteiger partial charge in [-0.15, -0.1) is 0 Å². The summed E-state index contributed by atoms with van der Waals surface area (Å²) in [6.45, 7) is 6.65. The Morgan fingerprint density at radius 2 is 2.00 bits per heavy atom. The van der Waals surface area contributed by atoms with Gasteiger partial charge in [0, 0.05) is 0 Å². The zero-order chi connectivity index (χ0) is 7.61. The summed E-state index contributed by atoms with van der Waals surface area (Å²) in [5, 5.41) is 2.55. The van der Waals surface area contributed by atoms with Gasteiger partial charge in [0.15, 0.2) is 0 Å². The molecule has 0 aromatic carbocycles. The van der Waals surface area contributed by atoms with Crippen LogP contribution in [0.5, 0.6) is 0 Å². The van der Waals surface area contributed by atoms with Crippen LogP contribution in [0.1, 0.15) is 20.8 Å². The Kier molecular flexibility index (Phi) is 2.58. The quantitative estimate of drug-likeness (QED) is 0.623. The van der Waals surface area contributed by atoms with Gasteiger partial charge in [-0.25, -0.2) is 0 Å². The predicted octanol–water partition coefficient (Wildman–Crippen LogP) is 2.49. The van der Waals surface area contributed by atoms with Gasteiger partial charge in [0.05, 0.1) is 0 Å². The van der Waals surface area contributed by atoms with Crippen molar-refractivity contribution in [3.05, 3.63) is 11.0 Å². The van der Waals surface area contributed by atoms with Crippen molar-refractivity contribution in [3.8, 4) is 0 Å². The molecule has 1 nitrogen and oxygen atoms in total. The van der Waals surface area contributed by atoms with Gasteiger partial charge >= 0.3 is 65.7 Å². The van der Waals surface area contributed by atoms with Crippen LogP contribution in [0.15, 0.2) is 11.0 Å². The average Bonchev–Trinajstić information content (AvgIpc) is 2.33. The summed E-state index contributed by atoms with van der Waals surface area (Å²) in [6, 6.07) is 0. The second-order valence-corrected chi connectivity index (χ2v) is 11.6. The first kappa shape index (κ1) is 8.34. The van der Waals surface area contributed by atoms with Crippen LogP contribution in [0.25, 0.3) is 0 Å². The van der Waals surface area contributed by atoms with E-state index in [0.717, 1.165) is 0 Å². The second-order valence-electron chi connectivity index (χ2n) is 2.95. The summed E-state index contributed by atoms with van der Waals surface area (Å²) >= 11 is -1.81. The third-order valence-corrected chi connectivity index (χ3v) is 10.8. The molecule has 0 spiro atoms. The van der Waals surface area contributed by atoms with Crippen molar-refractivity contribution in [1.29, 1.82) is 0 Å². The van der Waals surface area contributed by atoms with Gasteiger partial charge in [-0.3, -0.25) is 0 Å². The maximum absolute atomic E-state index is 5.92. The average molecular weight is 201 g/mol. The first-order chi connectivity index (χ1) is 4.72. The molecule has 0 aromatic rings. The van der Waals surface area contributed by atoms with Crippen LogP contribution in [0, 0.1) is 0 Å². The third kappa shape index (κ3) is 1.45. The van der Waals surface area contributed by atoms with Crippen LogP contribution >= 0.6 is 0 Å². The Hall–Kier alpha value is 0.243. The van der Waals surface area contributed by atoms with Crippen molar-refractivity contribution in [2.75, 3.05) is 0 Å². The van der Waals surface area contributed by atoms with Crippen molar-refractivity contribution in [2.45, 2.75) is 37.4 Å². The van der Waals surface area contributed by atoms with E-state index in [-0.39, 0.29) is 0 Å². The Balaban J connectivity index is 2.61. The summed E-state index contributed by atoms with van der Waals surface area (Å²) in [7, 11) is 0. The van der Waals surface area contributed by atoms with E-state index >= 15 is 0 Å². The van der Waals surface area contributed by atoms with E-state index in [1.165, 1.54) is 10.5 Å². The van der Waals surface area contributed by atoms with Crippen LogP contribution in [0.2, 0.25) is 10.5 Å². The fourth-order valence-corrected chi connectivity index (χ4v) is 7.34. The molecule has 0 saturated carbocycles. The molecule has 0 radical (unpaired) electrons. The Morgan fingerprint density at radius 3 is 2.20 bits per heavy atom. The Bertz CT molecular complexity index is 138. The van der Waals surface area contributed by atoms with Crippen LogP contribution < -0.4 is 0 Å². The van der Waals surface area contributed by atoms with E-state index in [4.69, 9.17) is 3.76 Å². The molecular formula is C8H16GeO. The molecule has 0 saturated heterocycles. The molecule has 1 atom stereocenters. The molecule has 1 unspecified atom stereocenters. The van der Waals surface area contributed by atoms with Gasteiger partial charge in [-0.1, -0.05) is 0 Å². The first-order valence-corrected chi connectivity index (χ1v) is 9.13. The zero-order valence-corrected chi connectivity index (χ0v) is 9.15. The van der Waals surface area contributed by atoms with Gasteiger partial charge in [-0.05, 0) is 0 Å². The van der Waals surface area contributed by atoms with Gasteiger partial charge < -0.3 is 0 Å². The molecule has 0 N–H and O–H groups in total. The van der Waals surface area contributed by atoms with Gasteiger partial charge in [0.1, 0.15) is 0 Å². The first-order valence-electron chi connectivity index (χ1n) is 4.09. The Labute approximate surface area is 66.2 Å². The van der Waals surface area contributed by atoms with Crippen molar-refractivity contribution in [2.24, 2.45) is 0 Å². The van der Waals surface area contributed by atoms with Crippen molar-refractivity contribution in [3.63, 3.8) is 0 Å². The second kappa shape index (κ2) is 3.10. The standard InChI is InChI=1S/C8H16GeO/c1-4-9(5-2)7-6-8(3)10-9/h6-8H,4-5H2,1-3H3. The van der Waals surface area contributed by atoms with Crippen LogP contribution in [0.3, 0.4) is 0 Å². The molecule has 1 heterocycles. The fourth-order valence-electron chi connectivity index (χ4n) is 1.41. The van der Waals surface area contributed by atoms with Crippen LogP contribution in [0.4, 0.5) is 0 Å². The van der Waals surface area contributed by atoms with E-state index in [0.29, 0.717) is 6.10 Å². The molecule has 10 heavy (non-hydrogen) atoms. The number of hydrogen-bond acceptors (Lipinski definition) is 1. The fraction of sp³-hybridized carbons (Fsp3) is 0.750. The Morgan fingerprint density at radius 1 is 1.40 bits per heavy atom. The molecule has 0 aromatic heterocycles. The summed E-state index contributed by atoms with van der Waals surface area (Å²) in [4.78, 5) is 2.39. The molecule has 58 valence electrons. The van der Waals surface area contributed by atoms with Crippen molar-refractivity contribution in [1.82, 2.24) is 0 Å². The normalized spacial score (nSPS) is 29.3. The SMILES string of the molecule is C[CH2][Ge]1([CH2]C)[CH]=CC(C)[O]1. The van der Waals surface area contributed by atoms with E-state index < -0.39 is 13.6 Å². The van der Waals surface area contributed by atoms with Crippen LogP contribution in [-0.4, -0.2) is 19.7 Å². The predicted molar refractivity (Wildman–Crippen MR) is 46.4 cm³/mol. The number of hydrogen-bond donors (Lipinski definition) is 0. The van der Waals surface area contributed by atoms with Gasteiger partial charge in [-0.2, -0.15) is 0 Å². The molecule has 0 aliphatic carbocycles. The minimum absolute atomic E-state index is 0.403. The zero-order valence-electron chi connectivity index (χ0n) is 7.05. The molecule has 0 amide bonds. The number of rotatable bonds is 2. The van der Waals surface area contributed by atoms with E-state index in [9.17, 15) is 0 Å². The van der Waals surface area contributed by atoms with E-state index in [1.807, 2.05) is 0 Å². The molecule has 2 heteroatoms. The molecule has 1 aliphatic heterocycles. The minimum atomic E-state index is -1.81. The molecule has 1 aliphatic rings. The summed E-state index contributed by atoms with van der Waals surface area (Å²) in [5.41, 5.74) is 0. The van der Waals surface area contributed by atoms with E-state index in [1.54, 1.807) is 0 Å². The monoisotopic (exact) mass is 202 g/mol. The summed E-state index contributed by atoms with van der Waals surface area (Å²) in [6.07, 6.45) is 2.63. The molecular weight excluding hydrogens is 185 g/mol. The summed E-state index contributed by atoms with van der Waals surface area (Å²) in [5.74, 6) is 0. The van der Waals surface area contributed by atoms with Crippen molar-refractivity contribution >= 4 is 13.6 Å². The third-order valence-electron chi connectivity index (χ3n) is 2.29. The molecule has 0 fully saturated rings. The van der Waals surface area contributed by atoms with Gasteiger partial charge in [0.25, 0.3) is 0 Å². The van der Waals surface area contributed by atoms with E-state index in [2.05, 4.69) is 31.8 Å².